The first-order valence-corrected chi connectivity index (χ1v) is 4.88. The molecule has 72 valence electrons. The highest BCUT2D eigenvalue weighted by Gasteiger charge is 2.24. The maximum Gasteiger partial charge on any atom is 0.143 e. The second-order valence-corrected chi connectivity index (χ2v) is 4.02. The SMILES string of the molecule is CC1=CC[C@H](C(C)C(O)C#N)CC1. The minimum Gasteiger partial charge on any atom is -0.378 e. The third kappa shape index (κ3) is 2.57. The number of aliphatic hydroxyl groups is 1. The molecule has 0 amide bonds. The van der Waals surface area contributed by atoms with E-state index >= 15 is 0 Å². The first-order chi connectivity index (χ1) is 6.15. The fraction of sp³-hybridized carbons (Fsp3) is 0.727. The van der Waals surface area contributed by atoms with Crippen LogP contribution in [0.25, 0.3) is 0 Å². The van der Waals surface area contributed by atoms with Crippen LogP contribution in [0, 0.1) is 23.2 Å². The van der Waals surface area contributed by atoms with Gasteiger partial charge in [-0.1, -0.05) is 18.6 Å². The third-order valence-electron chi connectivity index (χ3n) is 3.05. The molecule has 3 atom stereocenters. The minimum absolute atomic E-state index is 0.106. The Morgan fingerprint density at radius 3 is 2.85 bits per heavy atom. The van der Waals surface area contributed by atoms with E-state index in [1.54, 1.807) is 0 Å². The summed E-state index contributed by atoms with van der Waals surface area (Å²) in [5.41, 5.74) is 1.44. The smallest absolute Gasteiger partial charge is 0.143 e. The van der Waals surface area contributed by atoms with Crippen LogP contribution in [-0.2, 0) is 0 Å². The molecule has 2 heteroatoms. The number of allylic oxidation sites excluding steroid dienone is 2. The summed E-state index contributed by atoms with van der Waals surface area (Å²) in [6, 6.07) is 1.91. The van der Waals surface area contributed by atoms with Crippen molar-refractivity contribution in [1.82, 2.24) is 0 Å². The van der Waals surface area contributed by atoms with Crippen molar-refractivity contribution in [2.45, 2.75) is 39.2 Å². The Hall–Kier alpha value is -0.810. The number of aliphatic hydroxyl groups excluding tert-OH is 1. The van der Waals surface area contributed by atoms with E-state index in [0.717, 1.165) is 19.3 Å². The number of nitriles is 1. The molecule has 0 saturated heterocycles. The van der Waals surface area contributed by atoms with Gasteiger partial charge in [-0.15, -0.1) is 0 Å². The Labute approximate surface area is 79.9 Å². The zero-order valence-electron chi connectivity index (χ0n) is 8.33. The Bertz CT molecular complexity index is 239. The van der Waals surface area contributed by atoms with Crippen molar-refractivity contribution < 1.29 is 5.11 Å². The topological polar surface area (TPSA) is 44.0 Å². The van der Waals surface area contributed by atoms with E-state index in [1.165, 1.54) is 5.57 Å². The van der Waals surface area contributed by atoms with E-state index in [0.29, 0.717) is 5.92 Å². The standard InChI is InChI=1S/C11H17NO/c1-8-3-5-10(6-4-8)9(2)11(13)7-12/h3,9-11,13H,4-6H2,1-2H3/t9?,10-,11?/m0/s1. The largest absolute Gasteiger partial charge is 0.378 e. The van der Waals surface area contributed by atoms with E-state index in [4.69, 9.17) is 5.26 Å². The maximum absolute atomic E-state index is 9.36. The fourth-order valence-electron chi connectivity index (χ4n) is 1.84. The molecule has 2 nitrogen and oxygen atoms in total. The highest BCUT2D eigenvalue weighted by atomic mass is 16.3. The second kappa shape index (κ2) is 4.43. The van der Waals surface area contributed by atoms with Crippen LogP contribution in [-0.4, -0.2) is 11.2 Å². The van der Waals surface area contributed by atoms with Gasteiger partial charge in [0.1, 0.15) is 6.10 Å². The van der Waals surface area contributed by atoms with E-state index in [1.807, 2.05) is 13.0 Å². The molecule has 1 N–H and O–H groups in total. The molecular formula is C11H17NO. The lowest BCUT2D eigenvalue weighted by Gasteiger charge is -2.27. The van der Waals surface area contributed by atoms with Crippen LogP contribution in [0.2, 0.25) is 0 Å². The Morgan fingerprint density at radius 2 is 2.38 bits per heavy atom. The van der Waals surface area contributed by atoms with E-state index < -0.39 is 6.10 Å². The van der Waals surface area contributed by atoms with Gasteiger partial charge in [-0.3, -0.25) is 0 Å². The Kier molecular flexibility index (Phi) is 3.50. The molecule has 2 unspecified atom stereocenters. The van der Waals surface area contributed by atoms with Crippen LogP contribution >= 0.6 is 0 Å². The van der Waals surface area contributed by atoms with E-state index in [2.05, 4.69) is 13.0 Å². The monoisotopic (exact) mass is 179 g/mol. The molecule has 0 saturated carbocycles. The van der Waals surface area contributed by atoms with Crippen LogP contribution in [0.3, 0.4) is 0 Å². The van der Waals surface area contributed by atoms with E-state index in [-0.39, 0.29) is 5.92 Å². The quantitative estimate of drug-likeness (QED) is 0.522. The van der Waals surface area contributed by atoms with Crippen LogP contribution < -0.4 is 0 Å². The van der Waals surface area contributed by atoms with Gasteiger partial charge >= 0.3 is 0 Å². The maximum atomic E-state index is 9.36. The molecule has 0 heterocycles. The number of hydrogen-bond donors (Lipinski definition) is 1. The molecule has 1 aliphatic rings. The number of hydrogen-bond acceptors (Lipinski definition) is 2. The van der Waals surface area contributed by atoms with Crippen LogP contribution in [0.5, 0.6) is 0 Å². The van der Waals surface area contributed by atoms with Crippen molar-refractivity contribution in [3.63, 3.8) is 0 Å². The molecule has 1 rings (SSSR count). The molecular weight excluding hydrogens is 162 g/mol. The summed E-state index contributed by atoms with van der Waals surface area (Å²) in [6.45, 7) is 4.11. The lowest BCUT2D eigenvalue weighted by Crippen LogP contribution is -2.25. The normalized spacial score (nSPS) is 27.2. The molecule has 0 spiro atoms. The zero-order valence-corrected chi connectivity index (χ0v) is 8.33. The molecule has 0 bridgehead atoms. The Morgan fingerprint density at radius 1 is 1.69 bits per heavy atom. The lowest BCUT2D eigenvalue weighted by molar-refractivity contribution is 0.123. The number of rotatable bonds is 2. The van der Waals surface area contributed by atoms with Crippen molar-refractivity contribution in [2.24, 2.45) is 11.8 Å². The van der Waals surface area contributed by atoms with Crippen LogP contribution in [0.1, 0.15) is 33.1 Å². The summed E-state index contributed by atoms with van der Waals surface area (Å²) in [7, 11) is 0. The van der Waals surface area contributed by atoms with Gasteiger partial charge in [0.05, 0.1) is 6.07 Å². The zero-order chi connectivity index (χ0) is 9.84. The summed E-state index contributed by atoms with van der Waals surface area (Å²) in [4.78, 5) is 0. The summed E-state index contributed by atoms with van der Waals surface area (Å²) < 4.78 is 0. The molecule has 0 aromatic heterocycles. The Balaban J connectivity index is 2.51. The van der Waals surface area contributed by atoms with Crippen molar-refractivity contribution in [1.29, 1.82) is 5.26 Å². The first-order valence-electron chi connectivity index (χ1n) is 4.88. The predicted octanol–water partition coefficient (Wildman–Crippen LogP) is 2.25. The molecule has 0 radical (unpaired) electrons. The lowest BCUT2D eigenvalue weighted by atomic mass is 9.79. The first kappa shape index (κ1) is 10.3. The van der Waals surface area contributed by atoms with Gasteiger partial charge in [-0.2, -0.15) is 5.26 Å². The summed E-state index contributed by atoms with van der Waals surface area (Å²) in [6.07, 6.45) is 4.69. The van der Waals surface area contributed by atoms with Gasteiger partial charge in [0.25, 0.3) is 0 Å². The third-order valence-corrected chi connectivity index (χ3v) is 3.05. The average molecular weight is 179 g/mol. The molecule has 0 aromatic rings. The van der Waals surface area contributed by atoms with Crippen molar-refractivity contribution in [3.05, 3.63) is 11.6 Å². The van der Waals surface area contributed by atoms with Gasteiger partial charge in [-0.25, -0.2) is 0 Å². The van der Waals surface area contributed by atoms with Gasteiger partial charge < -0.3 is 5.11 Å². The van der Waals surface area contributed by atoms with Crippen LogP contribution in [0.15, 0.2) is 11.6 Å². The van der Waals surface area contributed by atoms with E-state index in [9.17, 15) is 5.11 Å². The molecule has 0 aliphatic heterocycles. The molecule has 13 heavy (non-hydrogen) atoms. The van der Waals surface area contributed by atoms with Crippen molar-refractivity contribution in [3.8, 4) is 6.07 Å². The summed E-state index contributed by atoms with van der Waals surface area (Å²) in [5, 5.41) is 17.9. The summed E-state index contributed by atoms with van der Waals surface area (Å²) in [5.74, 6) is 0.590. The second-order valence-electron chi connectivity index (χ2n) is 4.02. The fourth-order valence-corrected chi connectivity index (χ4v) is 1.84. The predicted molar refractivity (Wildman–Crippen MR) is 51.9 cm³/mol. The highest BCUT2D eigenvalue weighted by Crippen LogP contribution is 2.30. The van der Waals surface area contributed by atoms with Crippen molar-refractivity contribution >= 4 is 0 Å². The highest BCUT2D eigenvalue weighted by molar-refractivity contribution is 5.04. The molecule has 0 aromatic carbocycles. The van der Waals surface area contributed by atoms with Crippen LogP contribution in [0.4, 0.5) is 0 Å². The number of nitrogens with zero attached hydrogens (tertiary/aromatic N) is 1. The van der Waals surface area contributed by atoms with Gasteiger partial charge in [-0.05, 0) is 38.0 Å². The average Bonchev–Trinajstić information content (AvgIpc) is 2.17. The molecule has 1 aliphatic carbocycles. The summed E-state index contributed by atoms with van der Waals surface area (Å²) >= 11 is 0. The van der Waals surface area contributed by atoms with Gasteiger partial charge in [0.2, 0.25) is 0 Å². The molecule has 0 fully saturated rings. The minimum atomic E-state index is -0.795. The van der Waals surface area contributed by atoms with Crippen molar-refractivity contribution in [2.75, 3.05) is 0 Å². The van der Waals surface area contributed by atoms with Gasteiger partial charge in [0.15, 0.2) is 0 Å². The van der Waals surface area contributed by atoms with Gasteiger partial charge in [0, 0.05) is 0 Å².